The lowest BCUT2D eigenvalue weighted by Crippen LogP contribution is -2.71. The number of hydrogen-bond acceptors (Lipinski definition) is 7. The standard InChI is InChI=1S/C20H22N4O5/c25-15-5-4-14(17(26)22-15)24-18(27)13-3-1-2-11(16(13)19(24)28)8-23-9-20(29,10-23)12-6-21-7-12/h1-3,12,14,21,29H,4-10H2,(H,22,25,26). The van der Waals surface area contributed by atoms with Crippen LogP contribution in [-0.4, -0.2) is 76.4 Å². The summed E-state index contributed by atoms with van der Waals surface area (Å²) < 4.78 is 0. The molecule has 0 radical (unpaired) electrons. The van der Waals surface area contributed by atoms with Gasteiger partial charge in [-0.1, -0.05) is 12.1 Å². The molecular weight excluding hydrogens is 376 g/mol. The first kappa shape index (κ1) is 18.4. The summed E-state index contributed by atoms with van der Waals surface area (Å²) in [6, 6.07) is 4.17. The highest BCUT2D eigenvalue weighted by molar-refractivity contribution is 6.24. The van der Waals surface area contributed by atoms with Crippen LogP contribution in [0, 0.1) is 5.92 Å². The van der Waals surface area contributed by atoms with E-state index in [1.54, 1.807) is 18.2 Å². The molecule has 5 rings (SSSR count). The van der Waals surface area contributed by atoms with Gasteiger partial charge >= 0.3 is 0 Å². The third-order valence-corrected chi connectivity index (χ3v) is 6.48. The van der Waals surface area contributed by atoms with Crippen molar-refractivity contribution in [2.24, 2.45) is 5.92 Å². The summed E-state index contributed by atoms with van der Waals surface area (Å²) in [4.78, 5) is 52.6. The Kier molecular flexibility index (Phi) is 4.09. The molecule has 1 unspecified atom stereocenters. The maximum absolute atomic E-state index is 13.1. The predicted octanol–water partition coefficient (Wildman–Crippen LogP) is -1.15. The second-order valence-electron chi connectivity index (χ2n) is 8.39. The van der Waals surface area contributed by atoms with Crippen molar-refractivity contribution in [3.05, 3.63) is 34.9 Å². The lowest BCUT2D eigenvalue weighted by atomic mass is 9.77. The van der Waals surface area contributed by atoms with Crippen LogP contribution in [0.2, 0.25) is 0 Å². The Morgan fingerprint density at radius 2 is 1.86 bits per heavy atom. The Hall–Kier alpha value is -2.62. The van der Waals surface area contributed by atoms with E-state index in [0.717, 1.165) is 18.0 Å². The fourth-order valence-corrected chi connectivity index (χ4v) is 4.72. The third kappa shape index (κ3) is 2.80. The first-order valence-electron chi connectivity index (χ1n) is 9.86. The van der Waals surface area contributed by atoms with Crippen molar-refractivity contribution in [3.63, 3.8) is 0 Å². The lowest BCUT2D eigenvalue weighted by molar-refractivity contribution is -0.149. The van der Waals surface area contributed by atoms with Gasteiger partial charge in [-0.3, -0.25) is 34.3 Å². The van der Waals surface area contributed by atoms with Crippen molar-refractivity contribution >= 4 is 23.6 Å². The SMILES string of the molecule is O=C1CCC(N2C(=O)c3cccc(CN4CC(O)(C5CNC5)C4)c3C2=O)C(=O)N1. The molecule has 1 aromatic carbocycles. The molecule has 0 spiro atoms. The summed E-state index contributed by atoms with van der Waals surface area (Å²) in [5.74, 6) is -1.74. The van der Waals surface area contributed by atoms with E-state index in [2.05, 4.69) is 15.5 Å². The van der Waals surface area contributed by atoms with Crippen LogP contribution >= 0.6 is 0 Å². The molecule has 152 valence electrons. The van der Waals surface area contributed by atoms with Crippen molar-refractivity contribution in [2.45, 2.75) is 31.0 Å². The van der Waals surface area contributed by atoms with E-state index in [9.17, 15) is 24.3 Å². The fourth-order valence-electron chi connectivity index (χ4n) is 4.72. The molecule has 4 aliphatic heterocycles. The van der Waals surface area contributed by atoms with Crippen LogP contribution in [-0.2, 0) is 16.1 Å². The summed E-state index contributed by atoms with van der Waals surface area (Å²) in [5, 5.41) is 16.0. The minimum absolute atomic E-state index is 0.0963. The fraction of sp³-hybridized carbons (Fsp3) is 0.500. The minimum Gasteiger partial charge on any atom is -0.387 e. The van der Waals surface area contributed by atoms with E-state index in [4.69, 9.17) is 0 Å². The van der Waals surface area contributed by atoms with E-state index < -0.39 is 35.3 Å². The van der Waals surface area contributed by atoms with Crippen LogP contribution < -0.4 is 10.6 Å². The molecule has 4 aliphatic rings. The molecule has 4 heterocycles. The number of benzene rings is 1. The van der Waals surface area contributed by atoms with E-state index in [0.29, 0.717) is 30.8 Å². The van der Waals surface area contributed by atoms with Crippen LogP contribution in [0.15, 0.2) is 18.2 Å². The zero-order chi connectivity index (χ0) is 20.3. The molecule has 1 aromatic rings. The number of nitrogens with one attached hydrogen (secondary N) is 2. The van der Waals surface area contributed by atoms with Crippen LogP contribution in [0.5, 0.6) is 0 Å². The zero-order valence-corrected chi connectivity index (χ0v) is 15.8. The molecular formula is C20H22N4O5. The molecule has 9 nitrogen and oxygen atoms in total. The maximum atomic E-state index is 13.1. The van der Waals surface area contributed by atoms with Crippen molar-refractivity contribution in [1.82, 2.24) is 20.4 Å². The normalized spacial score (nSPS) is 26.8. The average Bonchev–Trinajstić information content (AvgIpc) is 2.84. The third-order valence-electron chi connectivity index (χ3n) is 6.48. The number of amides is 4. The van der Waals surface area contributed by atoms with Gasteiger partial charge in [0, 0.05) is 45.1 Å². The molecule has 29 heavy (non-hydrogen) atoms. The van der Waals surface area contributed by atoms with Crippen molar-refractivity contribution in [2.75, 3.05) is 26.2 Å². The molecule has 0 bridgehead atoms. The number of carbonyl (C=O) groups is 4. The Morgan fingerprint density at radius 1 is 1.10 bits per heavy atom. The topological polar surface area (TPSA) is 119 Å². The van der Waals surface area contributed by atoms with Crippen molar-refractivity contribution < 1.29 is 24.3 Å². The largest absolute Gasteiger partial charge is 0.387 e. The van der Waals surface area contributed by atoms with Gasteiger partial charge in [0.15, 0.2) is 0 Å². The van der Waals surface area contributed by atoms with Gasteiger partial charge in [-0.15, -0.1) is 0 Å². The van der Waals surface area contributed by atoms with E-state index in [1.165, 1.54) is 0 Å². The lowest BCUT2D eigenvalue weighted by Gasteiger charge is -2.53. The van der Waals surface area contributed by atoms with Crippen LogP contribution in [0.1, 0.15) is 39.1 Å². The molecule has 4 amide bonds. The van der Waals surface area contributed by atoms with Crippen molar-refractivity contribution in [1.29, 1.82) is 0 Å². The molecule has 3 saturated heterocycles. The van der Waals surface area contributed by atoms with Gasteiger partial charge in [0.05, 0.1) is 16.7 Å². The minimum atomic E-state index is -0.965. The van der Waals surface area contributed by atoms with Gasteiger partial charge in [0.2, 0.25) is 11.8 Å². The second-order valence-corrected chi connectivity index (χ2v) is 8.39. The van der Waals surface area contributed by atoms with Gasteiger partial charge in [0.25, 0.3) is 11.8 Å². The number of likely N-dealkylation sites (tertiary alicyclic amines) is 1. The molecule has 3 fully saturated rings. The predicted molar refractivity (Wildman–Crippen MR) is 99.7 cm³/mol. The number of β-amino-alcohol motifs (C(OH)–C–C–N with tert-alkyl or cyclic N) is 1. The van der Waals surface area contributed by atoms with Crippen LogP contribution in [0.25, 0.3) is 0 Å². The first-order chi connectivity index (χ1) is 13.9. The Balaban J connectivity index is 1.35. The van der Waals surface area contributed by atoms with Crippen molar-refractivity contribution in [3.8, 4) is 0 Å². The van der Waals surface area contributed by atoms with E-state index in [-0.39, 0.29) is 24.3 Å². The van der Waals surface area contributed by atoms with Crippen LogP contribution in [0.4, 0.5) is 0 Å². The van der Waals surface area contributed by atoms with Gasteiger partial charge in [0.1, 0.15) is 6.04 Å². The number of hydrogen-bond donors (Lipinski definition) is 3. The number of aliphatic hydroxyl groups is 1. The van der Waals surface area contributed by atoms with Gasteiger partial charge in [-0.25, -0.2) is 0 Å². The molecule has 3 N–H and O–H groups in total. The Bertz CT molecular complexity index is 935. The smallest absolute Gasteiger partial charge is 0.262 e. The summed E-state index contributed by atoms with van der Waals surface area (Å²) in [5.41, 5.74) is 0.630. The number of carbonyl (C=O) groups excluding carboxylic acids is 4. The zero-order valence-electron chi connectivity index (χ0n) is 15.8. The summed E-state index contributed by atoms with van der Waals surface area (Å²) in [7, 11) is 0. The van der Waals surface area contributed by atoms with Gasteiger partial charge in [-0.2, -0.15) is 0 Å². The monoisotopic (exact) mass is 398 g/mol. The van der Waals surface area contributed by atoms with Gasteiger partial charge in [-0.05, 0) is 18.1 Å². The summed E-state index contributed by atoms with van der Waals surface area (Å²) in [6.07, 6.45) is 0.235. The Labute approximate surface area is 167 Å². The highest BCUT2D eigenvalue weighted by atomic mass is 16.3. The molecule has 9 heteroatoms. The summed E-state index contributed by atoms with van der Waals surface area (Å²) in [6.45, 7) is 3.15. The molecule has 1 atom stereocenters. The number of rotatable bonds is 4. The van der Waals surface area contributed by atoms with E-state index >= 15 is 0 Å². The second kappa shape index (κ2) is 6.45. The number of imide groups is 2. The van der Waals surface area contributed by atoms with Gasteiger partial charge < -0.3 is 10.4 Å². The molecule has 0 aromatic heterocycles. The molecule has 0 saturated carbocycles. The highest BCUT2D eigenvalue weighted by Crippen LogP contribution is 2.35. The Morgan fingerprint density at radius 3 is 2.52 bits per heavy atom. The average molecular weight is 398 g/mol. The number of piperidine rings is 1. The van der Waals surface area contributed by atoms with E-state index in [1.807, 2.05) is 0 Å². The quantitative estimate of drug-likeness (QED) is 0.548. The number of nitrogens with zero attached hydrogens (tertiary/aromatic N) is 2. The highest BCUT2D eigenvalue weighted by Gasteiger charge is 2.50. The molecule has 0 aliphatic carbocycles. The first-order valence-corrected chi connectivity index (χ1v) is 9.86. The maximum Gasteiger partial charge on any atom is 0.262 e. The van der Waals surface area contributed by atoms with Crippen LogP contribution in [0.3, 0.4) is 0 Å². The summed E-state index contributed by atoms with van der Waals surface area (Å²) >= 11 is 0. The number of fused-ring (bicyclic) bond motifs is 1.